The van der Waals surface area contributed by atoms with E-state index in [9.17, 15) is 13.6 Å². The molecule has 1 rings (SSSR count). The Morgan fingerprint density at radius 3 is 2.72 bits per heavy atom. The molecule has 6 heteroatoms. The van der Waals surface area contributed by atoms with Gasteiger partial charge in [0.1, 0.15) is 17.7 Å². The lowest BCUT2D eigenvalue weighted by Crippen LogP contribution is -2.32. The Morgan fingerprint density at radius 2 is 2.17 bits per heavy atom. The smallest absolute Gasteiger partial charge is 0.216 e. The fraction of sp³-hybridized carbons (Fsp3) is 0.333. The molecule has 0 radical (unpaired) electrons. The van der Waals surface area contributed by atoms with Crippen molar-refractivity contribution >= 4 is 5.91 Å². The van der Waals surface area contributed by atoms with E-state index in [4.69, 9.17) is 5.26 Å². The number of nitriles is 1. The molecule has 18 heavy (non-hydrogen) atoms. The Kier molecular flexibility index (Phi) is 5.21. The van der Waals surface area contributed by atoms with E-state index in [0.717, 1.165) is 12.1 Å². The standard InChI is InChI=1S/C12H13F2N3O/c1-8(18)16-4-5-17-12(7-15)10-3-2-9(13)6-11(10)14/h2-3,6,12,17H,4-5H2,1H3,(H,16,18). The van der Waals surface area contributed by atoms with Crippen LogP contribution in [0.15, 0.2) is 18.2 Å². The number of halogens is 2. The molecule has 1 aromatic rings. The Balaban J connectivity index is 2.61. The van der Waals surface area contributed by atoms with Crippen LogP contribution in [0, 0.1) is 23.0 Å². The summed E-state index contributed by atoms with van der Waals surface area (Å²) in [7, 11) is 0. The summed E-state index contributed by atoms with van der Waals surface area (Å²) in [6.07, 6.45) is 0. The maximum Gasteiger partial charge on any atom is 0.216 e. The summed E-state index contributed by atoms with van der Waals surface area (Å²) in [5.41, 5.74) is 0.0849. The summed E-state index contributed by atoms with van der Waals surface area (Å²) in [5, 5.41) is 14.2. The average molecular weight is 253 g/mol. The minimum Gasteiger partial charge on any atom is -0.355 e. The molecule has 1 atom stereocenters. The van der Waals surface area contributed by atoms with Crippen LogP contribution in [0.1, 0.15) is 18.5 Å². The molecule has 0 spiro atoms. The Hall–Kier alpha value is -2.00. The lowest BCUT2D eigenvalue weighted by atomic mass is 10.1. The van der Waals surface area contributed by atoms with E-state index in [1.54, 1.807) is 0 Å². The van der Waals surface area contributed by atoms with Gasteiger partial charge in [-0.1, -0.05) is 6.07 Å². The van der Waals surface area contributed by atoms with Gasteiger partial charge in [-0.15, -0.1) is 0 Å². The van der Waals surface area contributed by atoms with Gasteiger partial charge in [0.25, 0.3) is 0 Å². The van der Waals surface area contributed by atoms with Gasteiger partial charge in [-0.05, 0) is 6.07 Å². The molecule has 0 aliphatic heterocycles. The summed E-state index contributed by atoms with van der Waals surface area (Å²) in [6.45, 7) is 2.02. The van der Waals surface area contributed by atoms with Crippen molar-refractivity contribution in [2.45, 2.75) is 13.0 Å². The van der Waals surface area contributed by atoms with Gasteiger partial charge in [-0.3, -0.25) is 10.1 Å². The van der Waals surface area contributed by atoms with Crippen molar-refractivity contribution in [1.29, 1.82) is 5.26 Å². The van der Waals surface area contributed by atoms with Crippen LogP contribution in [-0.4, -0.2) is 19.0 Å². The van der Waals surface area contributed by atoms with Gasteiger partial charge >= 0.3 is 0 Å². The van der Waals surface area contributed by atoms with E-state index in [2.05, 4.69) is 10.6 Å². The van der Waals surface area contributed by atoms with Crippen molar-refractivity contribution in [3.05, 3.63) is 35.4 Å². The quantitative estimate of drug-likeness (QED) is 0.776. The first-order valence-corrected chi connectivity index (χ1v) is 5.37. The molecule has 0 heterocycles. The molecule has 1 aromatic carbocycles. The van der Waals surface area contributed by atoms with E-state index in [1.165, 1.54) is 13.0 Å². The minimum absolute atomic E-state index is 0.0849. The first kappa shape index (κ1) is 14.1. The number of amides is 1. The molecule has 4 nitrogen and oxygen atoms in total. The lowest BCUT2D eigenvalue weighted by Gasteiger charge is -2.12. The summed E-state index contributed by atoms with van der Waals surface area (Å²) in [5.74, 6) is -1.64. The van der Waals surface area contributed by atoms with E-state index >= 15 is 0 Å². The molecule has 0 aliphatic rings. The number of nitrogens with zero attached hydrogens (tertiary/aromatic N) is 1. The highest BCUT2D eigenvalue weighted by Gasteiger charge is 2.14. The number of hydrogen-bond donors (Lipinski definition) is 2. The molecular formula is C12H13F2N3O. The Morgan fingerprint density at radius 1 is 1.44 bits per heavy atom. The van der Waals surface area contributed by atoms with Crippen molar-refractivity contribution in [3.63, 3.8) is 0 Å². The van der Waals surface area contributed by atoms with Gasteiger partial charge in [0.15, 0.2) is 0 Å². The number of rotatable bonds is 5. The molecular weight excluding hydrogens is 240 g/mol. The number of hydrogen-bond acceptors (Lipinski definition) is 3. The van der Waals surface area contributed by atoms with E-state index in [0.29, 0.717) is 13.1 Å². The third kappa shape index (κ3) is 4.11. The molecule has 2 N–H and O–H groups in total. The average Bonchev–Trinajstić information content (AvgIpc) is 2.30. The topological polar surface area (TPSA) is 64.9 Å². The van der Waals surface area contributed by atoms with Gasteiger partial charge in [0.2, 0.25) is 5.91 Å². The van der Waals surface area contributed by atoms with Gasteiger partial charge < -0.3 is 5.32 Å². The fourth-order valence-corrected chi connectivity index (χ4v) is 1.42. The number of carbonyl (C=O) groups excluding carboxylic acids is 1. The van der Waals surface area contributed by atoms with Crippen LogP contribution in [0.3, 0.4) is 0 Å². The van der Waals surface area contributed by atoms with E-state index in [1.807, 2.05) is 6.07 Å². The third-order valence-corrected chi connectivity index (χ3v) is 2.25. The summed E-state index contributed by atoms with van der Waals surface area (Å²) < 4.78 is 26.1. The monoisotopic (exact) mass is 253 g/mol. The molecule has 0 saturated carbocycles. The van der Waals surface area contributed by atoms with E-state index in [-0.39, 0.29) is 11.5 Å². The van der Waals surface area contributed by atoms with Crippen LogP contribution in [0.2, 0.25) is 0 Å². The maximum absolute atomic E-state index is 13.4. The maximum atomic E-state index is 13.4. The second-order valence-corrected chi connectivity index (χ2v) is 3.67. The number of carbonyl (C=O) groups is 1. The van der Waals surface area contributed by atoms with Crippen LogP contribution in [0.4, 0.5) is 8.78 Å². The Labute approximate surface area is 104 Å². The van der Waals surface area contributed by atoms with Crippen molar-refractivity contribution in [1.82, 2.24) is 10.6 Å². The number of benzene rings is 1. The Bertz CT molecular complexity index is 471. The predicted octanol–water partition coefficient (Wildman–Crippen LogP) is 1.26. The molecule has 0 fully saturated rings. The highest BCUT2D eigenvalue weighted by atomic mass is 19.1. The molecule has 96 valence electrons. The van der Waals surface area contributed by atoms with E-state index < -0.39 is 17.7 Å². The highest BCUT2D eigenvalue weighted by Crippen LogP contribution is 2.17. The zero-order valence-electron chi connectivity index (χ0n) is 9.84. The van der Waals surface area contributed by atoms with Gasteiger partial charge in [0, 0.05) is 31.6 Å². The summed E-state index contributed by atoms with van der Waals surface area (Å²) in [6, 6.07) is 4.06. The van der Waals surface area contributed by atoms with Crippen molar-refractivity contribution in [3.8, 4) is 6.07 Å². The highest BCUT2D eigenvalue weighted by molar-refractivity contribution is 5.72. The molecule has 1 amide bonds. The molecule has 0 saturated heterocycles. The normalized spacial score (nSPS) is 11.7. The van der Waals surface area contributed by atoms with Crippen molar-refractivity contribution < 1.29 is 13.6 Å². The fourth-order valence-electron chi connectivity index (χ4n) is 1.42. The first-order chi connectivity index (χ1) is 8.54. The lowest BCUT2D eigenvalue weighted by molar-refractivity contribution is -0.118. The second kappa shape index (κ2) is 6.67. The van der Waals surface area contributed by atoms with Crippen LogP contribution in [-0.2, 0) is 4.79 Å². The number of nitrogens with one attached hydrogen (secondary N) is 2. The van der Waals surface area contributed by atoms with Gasteiger partial charge in [-0.25, -0.2) is 8.78 Å². The van der Waals surface area contributed by atoms with Crippen LogP contribution in [0.5, 0.6) is 0 Å². The SMILES string of the molecule is CC(=O)NCCNC(C#N)c1ccc(F)cc1F. The molecule has 1 unspecified atom stereocenters. The zero-order valence-corrected chi connectivity index (χ0v) is 9.84. The van der Waals surface area contributed by atoms with Crippen LogP contribution in [0.25, 0.3) is 0 Å². The first-order valence-electron chi connectivity index (χ1n) is 5.37. The molecule has 0 aromatic heterocycles. The molecule has 0 bridgehead atoms. The zero-order chi connectivity index (χ0) is 13.5. The second-order valence-electron chi connectivity index (χ2n) is 3.67. The molecule has 0 aliphatic carbocycles. The summed E-state index contributed by atoms with van der Waals surface area (Å²) >= 11 is 0. The summed E-state index contributed by atoms with van der Waals surface area (Å²) in [4.78, 5) is 10.6. The van der Waals surface area contributed by atoms with Gasteiger partial charge in [-0.2, -0.15) is 5.26 Å². The van der Waals surface area contributed by atoms with Crippen LogP contribution >= 0.6 is 0 Å². The van der Waals surface area contributed by atoms with Crippen LogP contribution < -0.4 is 10.6 Å². The van der Waals surface area contributed by atoms with Crippen molar-refractivity contribution in [2.75, 3.05) is 13.1 Å². The third-order valence-electron chi connectivity index (χ3n) is 2.25. The van der Waals surface area contributed by atoms with Crippen molar-refractivity contribution in [2.24, 2.45) is 0 Å². The van der Waals surface area contributed by atoms with Gasteiger partial charge in [0.05, 0.1) is 6.07 Å². The predicted molar refractivity (Wildman–Crippen MR) is 61.4 cm³/mol. The largest absolute Gasteiger partial charge is 0.355 e. The minimum atomic E-state index is -0.876.